The van der Waals surface area contributed by atoms with Crippen molar-refractivity contribution >= 4 is 11.9 Å². The molecule has 9 nitrogen and oxygen atoms in total. The number of hydrogen-bond acceptors (Lipinski definition) is 7. The minimum absolute atomic E-state index is 0.442. The molecule has 4 bridgehead atoms. The van der Waals surface area contributed by atoms with Gasteiger partial charge in [0.05, 0.1) is 6.61 Å². The van der Waals surface area contributed by atoms with Gasteiger partial charge in [-0.15, -0.1) is 0 Å². The van der Waals surface area contributed by atoms with Crippen molar-refractivity contribution in [2.45, 2.75) is 81.7 Å². The van der Waals surface area contributed by atoms with Gasteiger partial charge in [-0.2, -0.15) is 9.78 Å². The molecule has 4 N–H and O–H groups in total. The molecule has 208 valence electrons. The average Bonchev–Trinajstić information content (AvgIpc) is 3.27. The maximum absolute atomic E-state index is 9.55. The summed E-state index contributed by atoms with van der Waals surface area (Å²) in [5.74, 6) is 0.893. The molecular weight excluding hydrogens is 490 g/mol. The Morgan fingerprint density at radius 1 is 0.921 bits per heavy atom. The van der Waals surface area contributed by atoms with Crippen molar-refractivity contribution < 1.29 is 39.1 Å². The lowest BCUT2D eigenvalue weighted by molar-refractivity contribution is -0.390. The molecule has 0 amide bonds. The Morgan fingerprint density at radius 2 is 1.50 bits per heavy atom. The van der Waals surface area contributed by atoms with Crippen LogP contribution in [0.5, 0.6) is 5.75 Å². The van der Waals surface area contributed by atoms with Gasteiger partial charge in [-0.05, 0) is 93.4 Å². The molecule has 1 aliphatic heterocycles. The molecule has 6 aliphatic rings. The lowest BCUT2D eigenvalue weighted by Gasteiger charge is -2.57. The highest BCUT2D eigenvalue weighted by Gasteiger charge is 2.66. The summed E-state index contributed by atoms with van der Waals surface area (Å²) in [4.78, 5) is 31.3. The second kappa shape index (κ2) is 11.3. The molecule has 5 saturated carbocycles. The van der Waals surface area contributed by atoms with E-state index in [1.807, 2.05) is 0 Å². The molecule has 1 saturated heterocycles. The Balaban J connectivity index is 0.000000323. The molecule has 38 heavy (non-hydrogen) atoms. The van der Waals surface area contributed by atoms with Gasteiger partial charge in [0, 0.05) is 36.8 Å². The molecule has 0 atom stereocenters. The third kappa shape index (κ3) is 5.76. The van der Waals surface area contributed by atoms with Gasteiger partial charge in [-0.1, -0.05) is 12.1 Å². The van der Waals surface area contributed by atoms with E-state index in [1.54, 1.807) is 0 Å². The number of nitrogens with two attached hydrogens (primary N) is 1. The van der Waals surface area contributed by atoms with Crippen LogP contribution in [0.3, 0.4) is 0 Å². The first-order chi connectivity index (χ1) is 18.3. The predicted octanol–water partition coefficient (Wildman–Crippen LogP) is 4.61. The maximum Gasteiger partial charge on any atom is 0.328 e. The molecule has 5 aliphatic carbocycles. The zero-order valence-corrected chi connectivity index (χ0v) is 21.8. The van der Waals surface area contributed by atoms with Gasteiger partial charge in [0.25, 0.3) is 0 Å². The topological polar surface area (TPSA) is 138 Å². The van der Waals surface area contributed by atoms with Crippen molar-refractivity contribution in [2.75, 3.05) is 13.2 Å². The first-order valence-corrected chi connectivity index (χ1v) is 13.9. The first kappa shape index (κ1) is 27.1. The fraction of sp³-hybridized carbons (Fsp3) is 0.655. The van der Waals surface area contributed by atoms with Gasteiger partial charge in [0.1, 0.15) is 5.75 Å². The van der Waals surface area contributed by atoms with Crippen LogP contribution in [0.4, 0.5) is 0 Å². The average molecular weight is 530 g/mol. The van der Waals surface area contributed by atoms with Gasteiger partial charge < -0.3 is 25.4 Å². The summed E-state index contributed by atoms with van der Waals surface area (Å²) in [6.07, 6.45) is 12.5. The van der Waals surface area contributed by atoms with Gasteiger partial charge in [-0.25, -0.2) is 9.59 Å². The van der Waals surface area contributed by atoms with E-state index in [2.05, 4.69) is 24.3 Å². The summed E-state index contributed by atoms with van der Waals surface area (Å²) in [7, 11) is 0. The number of rotatable bonds is 7. The minimum Gasteiger partial charge on any atom is -0.494 e. The third-order valence-electron chi connectivity index (χ3n) is 9.03. The second-order valence-corrected chi connectivity index (χ2v) is 11.5. The Labute approximate surface area is 223 Å². The number of aliphatic carboxylic acids is 2. The largest absolute Gasteiger partial charge is 0.494 e. The molecule has 7 rings (SSSR count). The van der Waals surface area contributed by atoms with E-state index >= 15 is 0 Å². The lowest BCUT2D eigenvalue weighted by Crippen LogP contribution is -2.59. The van der Waals surface area contributed by atoms with Crippen LogP contribution in [0.2, 0.25) is 0 Å². The first-order valence-electron chi connectivity index (χ1n) is 13.9. The SMILES string of the molecule is NCCCOc1ccc(C2CCC3(CC2)OOC2(O3)C3CC4CC(C3)CC2C4)cc1.O=C(O)/C=C\C(=O)O. The van der Waals surface area contributed by atoms with E-state index in [0.29, 0.717) is 43.1 Å². The maximum atomic E-state index is 9.55. The predicted molar refractivity (Wildman–Crippen MR) is 137 cm³/mol. The lowest BCUT2D eigenvalue weighted by atomic mass is 9.53. The number of ether oxygens (including phenoxy) is 2. The Hall–Kier alpha value is -2.46. The molecule has 2 spiro atoms. The molecule has 1 heterocycles. The van der Waals surface area contributed by atoms with Gasteiger partial charge in [0.15, 0.2) is 0 Å². The van der Waals surface area contributed by atoms with Crippen LogP contribution < -0.4 is 10.5 Å². The van der Waals surface area contributed by atoms with E-state index in [9.17, 15) is 9.59 Å². The van der Waals surface area contributed by atoms with Crippen LogP contribution in [0.25, 0.3) is 0 Å². The van der Waals surface area contributed by atoms with E-state index in [0.717, 1.165) is 49.7 Å². The van der Waals surface area contributed by atoms with Crippen molar-refractivity contribution in [3.05, 3.63) is 42.0 Å². The fourth-order valence-electron chi connectivity index (χ4n) is 7.44. The second-order valence-electron chi connectivity index (χ2n) is 11.5. The van der Waals surface area contributed by atoms with Gasteiger partial charge in [0.2, 0.25) is 11.6 Å². The molecular formula is C29H39NO8. The summed E-state index contributed by atoms with van der Waals surface area (Å²) in [6, 6.07) is 8.61. The highest BCUT2D eigenvalue weighted by atomic mass is 17.3. The number of hydrogen-bond donors (Lipinski definition) is 3. The summed E-state index contributed by atoms with van der Waals surface area (Å²) in [6.45, 7) is 1.35. The van der Waals surface area contributed by atoms with E-state index in [4.69, 9.17) is 35.2 Å². The molecule has 0 unspecified atom stereocenters. The zero-order valence-electron chi connectivity index (χ0n) is 21.8. The molecule has 1 aromatic rings. The highest BCUT2D eigenvalue weighted by molar-refractivity contribution is 5.89. The zero-order chi connectivity index (χ0) is 26.8. The smallest absolute Gasteiger partial charge is 0.328 e. The van der Waals surface area contributed by atoms with Crippen LogP contribution in [-0.4, -0.2) is 46.9 Å². The number of carboxylic acids is 2. The summed E-state index contributed by atoms with van der Waals surface area (Å²) in [5.41, 5.74) is 6.92. The highest BCUT2D eigenvalue weighted by Crippen LogP contribution is 2.64. The van der Waals surface area contributed by atoms with Gasteiger partial charge in [-0.3, -0.25) is 0 Å². The van der Waals surface area contributed by atoms with Crippen molar-refractivity contribution in [2.24, 2.45) is 29.4 Å². The van der Waals surface area contributed by atoms with Crippen LogP contribution >= 0.6 is 0 Å². The summed E-state index contributed by atoms with van der Waals surface area (Å²) in [5, 5.41) is 15.6. The molecule has 1 aromatic carbocycles. The van der Waals surface area contributed by atoms with Crippen molar-refractivity contribution in [3.8, 4) is 5.75 Å². The van der Waals surface area contributed by atoms with Crippen LogP contribution in [0, 0.1) is 23.7 Å². The fourth-order valence-corrected chi connectivity index (χ4v) is 7.44. The van der Waals surface area contributed by atoms with Crippen molar-refractivity contribution in [1.29, 1.82) is 0 Å². The standard InChI is InChI=1S/C25H35NO4.C4H4O4/c26-10-1-11-27-23-4-2-19(3-5-23)20-6-8-24(9-7-20)28-25(30-29-24)21-13-17-12-18(15-21)16-22(25)14-17;5-3(6)1-2-4(7)8/h2-5,17-18,20-22H,1,6-16,26H2;1-2H,(H,5,6)(H,7,8)/b;2-1-. The molecule has 6 fully saturated rings. The van der Waals surface area contributed by atoms with Crippen LogP contribution in [0.1, 0.15) is 75.7 Å². The van der Waals surface area contributed by atoms with E-state index < -0.39 is 23.5 Å². The van der Waals surface area contributed by atoms with Gasteiger partial charge >= 0.3 is 11.9 Å². The monoisotopic (exact) mass is 529 g/mol. The third-order valence-corrected chi connectivity index (χ3v) is 9.03. The van der Waals surface area contributed by atoms with Crippen molar-refractivity contribution in [3.63, 3.8) is 0 Å². The quantitative estimate of drug-likeness (QED) is 0.263. The van der Waals surface area contributed by atoms with Crippen LogP contribution in [0.15, 0.2) is 36.4 Å². The van der Waals surface area contributed by atoms with E-state index in [-0.39, 0.29) is 0 Å². The number of benzene rings is 1. The Kier molecular flexibility index (Phi) is 8.09. The van der Waals surface area contributed by atoms with E-state index in [1.165, 1.54) is 37.7 Å². The Bertz CT molecular complexity index is 970. The molecule has 0 aromatic heterocycles. The Morgan fingerprint density at radius 3 is 2.03 bits per heavy atom. The van der Waals surface area contributed by atoms with Crippen molar-refractivity contribution in [1.82, 2.24) is 0 Å². The van der Waals surface area contributed by atoms with Crippen LogP contribution in [-0.2, 0) is 24.1 Å². The summed E-state index contributed by atoms with van der Waals surface area (Å²) < 4.78 is 12.6. The summed E-state index contributed by atoms with van der Waals surface area (Å²) >= 11 is 0. The normalized spacial score (nSPS) is 36.9. The number of carboxylic acid groups (broad SMARTS) is 2. The minimum atomic E-state index is -1.26. The molecule has 0 radical (unpaired) electrons. The number of carbonyl (C=O) groups is 2. The molecule has 9 heteroatoms.